The Labute approximate surface area is 120 Å². The normalized spacial score (nSPS) is 13.2. The molecule has 0 radical (unpaired) electrons. The molecule has 0 aliphatic heterocycles. The van der Waals surface area contributed by atoms with Crippen molar-refractivity contribution < 1.29 is 8.42 Å². The molecule has 3 N–H and O–H groups in total. The number of hydrogen-bond donors (Lipinski definition) is 2. The molecule has 19 heavy (non-hydrogen) atoms. The van der Waals surface area contributed by atoms with Gasteiger partial charge in [0.25, 0.3) is 0 Å². The van der Waals surface area contributed by atoms with E-state index in [2.05, 4.69) is 32.4 Å². The highest BCUT2D eigenvalue weighted by Crippen LogP contribution is 2.27. The van der Waals surface area contributed by atoms with Gasteiger partial charge in [0.15, 0.2) is 0 Å². The molecule has 4 nitrogen and oxygen atoms in total. The van der Waals surface area contributed by atoms with Crippen LogP contribution in [0.1, 0.15) is 32.6 Å². The summed E-state index contributed by atoms with van der Waals surface area (Å²) < 4.78 is 27.4. The number of nitrogens with one attached hydrogen (secondary N) is 1. The summed E-state index contributed by atoms with van der Waals surface area (Å²) in [7, 11) is -3.40. The fourth-order valence-electron chi connectivity index (χ4n) is 1.34. The smallest absolute Gasteiger partial charge is 0.250 e. The van der Waals surface area contributed by atoms with Gasteiger partial charge < -0.3 is 5.73 Å². The second kappa shape index (κ2) is 6.35. The van der Waals surface area contributed by atoms with Crippen LogP contribution >= 0.6 is 11.3 Å². The third-order valence-electron chi connectivity index (χ3n) is 3.57. The summed E-state index contributed by atoms with van der Waals surface area (Å²) >= 11 is 1.29. The van der Waals surface area contributed by atoms with Gasteiger partial charge in [-0.1, -0.05) is 27.7 Å². The van der Waals surface area contributed by atoms with Gasteiger partial charge in [-0.25, -0.2) is 13.1 Å². The first kappa shape index (κ1) is 16.6. The Morgan fingerprint density at radius 3 is 2.53 bits per heavy atom. The Kier molecular flexibility index (Phi) is 5.55. The predicted molar refractivity (Wildman–Crippen MR) is 80.9 cm³/mol. The summed E-state index contributed by atoms with van der Waals surface area (Å²) in [5, 5.41) is 0. The fourth-order valence-corrected chi connectivity index (χ4v) is 3.97. The van der Waals surface area contributed by atoms with E-state index in [1.807, 2.05) is 6.07 Å². The molecular formula is C13H24N2O2S2. The van der Waals surface area contributed by atoms with Crippen LogP contribution in [0.25, 0.3) is 0 Å². The Hall–Kier alpha value is -0.430. The first-order chi connectivity index (χ1) is 8.69. The third-order valence-corrected chi connectivity index (χ3v) is 6.61. The largest absolute Gasteiger partial charge is 0.330 e. The van der Waals surface area contributed by atoms with Crippen LogP contribution in [0.15, 0.2) is 16.3 Å². The lowest BCUT2D eigenvalue weighted by Gasteiger charge is -2.29. The van der Waals surface area contributed by atoms with Crippen molar-refractivity contribution in [3.05, 3.63) is 17.0 Å². The highest BCUT2D eigenvalue weighted by molar-refractivity contribution is 7.91. The van der Waals surface area contributed by atoms with Crippen LogP contribution in [-0.4, -0.2) is 21.5 Å². The molecule has 0 saturated carbocycles. The van der Waals surface area contributed by atoms with Crippen molar-refractivity contribution in [1.82, 2.24) is 4.72 Å². The molecule has 0 saturated heterocycles. The molecule has 1 aromatic rings. The van der Waals surface area contributed by atoms with E-state index in [9.17, 15) is 8.42 Å². The number of hydrogen-bond acceptors (Lipinski definition) is 4. The maximum atomic E-state index is 12.2. The van der Waals surface area contributed by atoms with Gasteiger partial charge >= 0.3 is 0 Å². The van der Waals surface area contributed by atoms with E-state index in [4.69, 9.17) is 5.73 Å². The Bertz CT molecular complexity index is 504. The van der Waals surface area contributed by atoms with Crippen LogP contribution in [0.4, 0.5) is 0 Å². The third kappa shape index (κ3) is 4.56. The minimum Gasteiger partial charge on any atom is -0.330 e. The zero-order chi connectivity index (χ0) is 14.7. The summed E-state index contributed by atoms with van der Waals surface area (Å²) in [6, 6.07) is 3.49. The Morgan fingerprint density at radius 1 is 1.37 bits per heavy atom. The lowest BCUT2D eigenvalue weighted by Crippen LogP contribution is -2.36. The maximum absolute atomic E-state index is 12.2. The molecule has 0 aromatic carbocycles. The molecule has 0 amide bonds. The van der Waals surface area contributed by atoms with Gasteiger partial charge in [0.2, 0.25) is 10.0 Å². The standard InChI is InChI=1S/C13H24N2O2S2/c1-10(2)13(3,4)9-15-19(16,17)12-6-5-11(18-12)7-8-14/h5-6,10,15H,7-9,14H2,1-4H3. The number of sulfonamides is 1. The zero-order valence-corrected chi connectivity index (χ0v) is 13.7. The molecule has 1 rings (SSSR count). The first-order valence-corrected chi connectivity index (χ1v) is 8.77. The number of thiophene rings is 1. The van der Waals surface area contributed by atoms with Crippen molar-refractivity contribution in [2.24, 2.45) is 17.1 Å². The minimum atomic E-state index is -3.40. The molecule has 0 aliphatic rings. The van der Waals surface area contributed by atoms with Crippen molar-refractivity contribution in [1.29, 1.82) is 0 Å². The van der Waals surface area contributed by atoms with Gasteiger partial charge in [-0.2, -0.15) is 0 Å². The molecule has 6 heteroatoms. The van der Waals surface area contributed by atoms with E-state index in [0.29, 0.717) is 23.2 Å². The summed E-state index contributed by atoms with van der Waals surface area (Å²) in [5.74, 6) is 0.409. The monoisotopic (exact) mass is 304 g/mol. The van der Waals surface area contributed by atoms with Crippen molar-refractivity contribution in [2.75, 3.05) is 13.1 Å². The van der Waals surface area contributed by atoms with Crippen LogP contribution < -0.4 is 10.5 Å². The van der Waals surface area contributed by atoms with E-state index < -0.39 is 10.0 Å². The van der Waals surface area contributed by atoms with Gasteiger partial charge in [0, 0.05) is 11.4 Å². The number of rotatable bonds is 7. The lowest BCUT2D eigenvalue weighted by atomic mass is 9.81. The molecule has 0 atom stereocenters. The summed E-state index contributed by atoms with van der Waals surface area (Å²) in [6.45, 7) is 9.30. The summed E-state index contributed by atoms with van der Waals surface area (Å²) in [4.78, 5) is 1.01. The minimum absolute atomic E-state index is 0.0651. The van der Waals surface area contributed by atoms with Crippen LogP contribution in [0.5, 0.6) is 0 Å². The molecule has 110 valence electrons. The van der Waals surface area contributed by atoms with E-state index in [-0.39, 0.29) is 5.41 Å². The highest BCUT2D eigenvalue weighted by Gasteiger charge is 2.26. The quantitative estimate of drug-likeness (QED) is 0.811. The molecule has 0 fully saturated rings. The second-order valence-electron chi connectivity index (χ2n) is 5.73. The maximum Gasteiger partial charge on any atom is 0.250 e. The van der Waals surface area contributed by atoms with Gasteiger partial charge in [0.05, 0.1) is 0 Å². The molecule has 0 spiro atoms. The van der Waals surface area contributed by atoms with Crippen molar-refractivity contribution in [3.8, 4) is 0 Å². The molecule has 0 bridgehead atoms. The zero-order valence-electron chi connectivity index (χ0n) is 12.1. The van der Waals surface area contributed by atoms with E-state index in [1.165, 1.54) is 11.3 Å². The average Bonchev–Trinajstić information content (AvgIpc) is 2.76. The van der Waals surface area contributed by atoms with Crippen LogP contribution in [0, 0.1) is 11.3 Å². The fraction of sp³-hybridized carbons (Fsp3) is 0.692. The topological polar surface area (TPSA) is 72.2 Å². The summed E-state index contributed by atoms with van der Waals surface area (Å²) in [5.41, 5.74) is 5.40. The van der Waals surface area contributed by atoms with Gasteiger partial charge in [-0.05, 0) is 36.4 Å². The molecule has 0 unspecified atom stereocenters. The predicted octanol–water partition coefficient (Wildman–Crippen LogP) is 2.21. The van der Waals surface area contributed by atoms with Gasteiger partial charge in [-0.3, -0.25) is 0 Å². The molecule has 0 aliphatic carbocycles. The van der Waals surface area contributed by atoms with E-state index >= 15 is 0 Å². The van der Waals surface area contributed by atoms with Gasteiger partial charge in [0.1, 0.15) is 4.21 Å². The van der Waals surface area contributed by atoms with Crippen molar-refractivity contribution >= 4 is 21.4 Å². The van der Waals surface area contributed by atoms with Crippen LogP contribution in [0.3, 0.4) is 0 Å². The average molecular weight is 304 g/mol. The highest BCUT2D eigenvalue weighted by atomic mass is 32.2. The van der Waals surface area contributed by atoms with Crippen molar-refractivity contribution in [3.63, 3.8) is 0 Å². The summed E-state index contributed by atoms with van der Waals surface area (Å²) in [6.07, 6.45) is 0.720. The molecule has 1 aromatic heterocycles. The van der Waals surface area contributed by atoms with Crippen LogP contribution in [-0.2, 0) is 16.4 Å². The van der Waals surface area contributed by atoms with Gasteiger partial charge in [-0.15, -0.1) is 11.3 Å². The number of nitrogens with two attached hydrogens (primary N) is 1. The van der Waals surface area contributed by atoms with Crippen LogP contribution in [0.2, 0.25) is 0 Å². The SMILES string of the molecule is CC(C)C(C)(C)CNS(=O)(=O)c1ccc(CCN)s1. The van der Waals surface area contributed by atoms with E-state index in [1.54, 1.807) is 6.07 Å². The van der Waals surface area contributed by atoms with E-state index in [0.717, 1.165) is 11.3 Å². The van der Waals surface area contributed by atoms with Crippen molar-refractivity contribution in [2.45, 2.75) is 38.3 Å². The molecular weight excluding hydrogens is 280 g/mol. The second-order valence-corrected chi connectivity index (χ2v) is 8.89. The lowest BCUT2D eigenvalue weighted by molar-refractivity contribution is 0.252. The Morgan fingerprint density at radius 2 is 2.00 bits per heavy atom. The first-order valence-electron chi connectivity index (χ1n) is 6.47. The molecule has 1 heterocycles. The Balaban J connectivity index is 2.75.